The Morgan fingerprint density at radius 2 is 1.82 bits per heavy atom. The molecule has 0 saturated heterocycles. The molecule has 17 heavy (non-hydrogen) atoms. The molecule has 0 aromatic rings. The van der Waals surface area contributed by atoms with Crippen LogP contribution in [0.15, 0.2) is 0 Å². The second-order valence-electron chi connectivity index (χ2n) is 5.22. The van der Waals surface area contributed by atoms with Crippen LogP contribution in [-0.4, -0.2) is 41.6 Å². The Hall–Kier alpha value is -0.910. The zero-order valence-electron chi connectivity index (χ0n) is 11.0. The molecule has 102 valence electrons. The van der Waals surface area contributed by atoms with Crippen LogP contribution >= 0.6 is 0 Å². The van der Waals surface area contributed by atoms with Crippen LogP contribution in [0.3, 0.4) is 0 Å². The summed E-state index contributed by atoms with van der Waals surface area (Å²) in [6.45, 7) is 8.39. The van der Waals surface area contributed by atoms with Crippen molar-refractivity contribution >= 4 is 6.09 Å². The number of alkyl halides is 2. The summed E-state index contributed by atoms with van der Waals surface area (Å²) in [6.07, 6.45) is -3.28. The van der Waals surface area contributed by atoms with Gasteiger partial charge in [-0.15, -0.1) is 0 Å². The number of nitrogens with two attached hydrogens (primary N) is 1. The molecular formula is C11H22F2N2O2. The Kier molecular flexibility index (Phi) is 5.81. The molecule has 1 atom stereocenters. The Morgan fingerprint density at radius 3 is 2.12 bits per heavy atom. The summed E-state index contributed by atoms with van der Waals surface area (Å²) in [5, 5.41) is 0. The highest BCUT2D eigenvalue weighted by Crippen LogP contribution is 2.13. The molecule has 2 N–H and O–H groups in total. The van der Waals surface area contributed by atoms with E-state index in [9.17, 15) is 13.6 Å². The van der Waals surface area contributed by atoms with Crippen molar-refractivity contribution in [2.45, 2.75) is 58.7 Å². The van der Waals surface area contributed by atoms with Crippen LogP contribution < -0.4 is 5.73 Å². The third-order valence-corrected chi connectivity index (χ3v) is 1.98. The highest BCUT2D eigenvalue weighted by molar-refractivity contribution is 5.68. The Labute approximate surface area is 101 Å². The van der Waals surface area contributed by atoms with E-state index < -0.39 is 24.2 Å². The lowest BCUT2D eigenvalue weighted by Crippen LogP contribution is -2.49. The van der Waals surface area contributed by atoms with Crippen molar-refractivity contribution in [2.24, 2.45) is 5.73 Å². The number of carbonyl (C=O) groups excluding carboxylic acids is 1. The molecule has 0 aromatic carbocycles. The van der Waals surface area contributed by atoms with Crippen LogP contribution in [0.2, 0.25) is 0 Å². The van der Waals surface area contributed by atoms with Crippen molar-refractivity contribution in [3.05, 3.63) is 0 Å². The fraction of sp³-hybridized carbons (Fsp3) is 0.909. The van der Waals surface area contributed by atoms with Gasteiger partial charge in [0.1, 0.15) is 5.60 Å². The average molecular weight is 252 g/mol. The van der Waals surface area contributed by atoms with Gasteiger partial charge in [0.15, 0.2) is 0 Å². The number of hydrogen-bond acceptors (Lipinski definition) is 3. The molecule has 6 heteroatoms. The number of rotatable bonds is 4. The molecule has 0 radical (unpaired) electrons. The number of hydrogen-bond donors (Lipinski definition) is 1. The standard InChI is InChI=1S/C11H22F2N2O2/c1-7(2)15(6-8(14)9(12)13)10(16)17-11(3,4)5/h7-9H,6,14H2,1-5H3. The molecule has 4 nitrogen and oxygen atoms in total. The van der Waals surface area contributed by atoms with Crippen molar-refractivity contribution in [2.75, 3.05) is 6.54 Å². The highest BCUT2D eigenvalue weighted by Gasteiger charge is 2.28. The summed E-state index contributed by atoms with van der Waals surface area (Å²) in [7, 11) is 0. The van der Waals surface area contributed by atoms with Crippen molar-refractivity contribution in [3.63, 3.8) is 0 Å². The van der Waals surface area contributed by atoms with Gasteiger partial charge in [-0.2, -0.15) is 0 Å². The number of halogens is 2. The van der Waals surface area contributed by atoms with E-state index in [1.54, 1.807) is 34.6 Å². The smallest absolute Gasteiger partial charge is 0.410 e. The molecule has 0 heterocycles. The van der Waals surface area contributed by atoms with Crippen molar-refractivity contribution < 1.29 is 18.3 Å². The summed E-state index contributed by atoms with van der Waals surface area (Å²) in [5.41, 5.74) is 4.60. The monoisotopic (exact) mass is 252 g/mol. The van der Waals surface area contributed by atoms with Gasteiger partial charge >= 0.3 is 6.09 Å². The first-order valence-electron chi connectivity index (χ1n) is 5.58. The zero-order valence-corrected chi connectivity index (χ0v) is 11.0. The Morgan fingerprint density at radius 1 is 1.35 bits per heavy atom. The third-order valence-electron chi connectivity index (χ3n) is 1.98. The van der Waals surface area contributed by atoms with Gasteiger partial charge in [0.25, 0.3) is 6.43 Å². The number of amides is 1. The third kappa shape index (κ3) is 6.41. The summed E-state index contributed by atoms with van der Waals surface area (Å²) in [4.78, 5) is 13.0. The lowest BCUT2D eigenvalue weighted by molar-refractivity contribution is 0.0114. The SMILES string of the molecule is CC(C)N(CC(N)C(F)F)C(=O)OC(C)(C)C. The molecule has 0 fully saturated rings. The van der Waals surface area contributed by atoms with E-state index in [1.807, 2.05) is 0 Å². The fourth-order valence-electron chi connectivity index (χ4n) is 1.12. The summed E-state index contributed by atoms with van der Waals surface area (Å²) in [5.74, 6) is 0. The van der Waals surface area contributed by atoms with Crippen LogP contribution in [-0.2, 0) is 4.74 Å². The summed E-state index contributed by atoms with van der Waals surface area (Å²) in [6, 6.07) is -1.60. The van der Waals surface area contributed by atoms with Gasteiger partial charge in [0, 0.05) is 12.6 Å². The molecule has 1 unspecified atom stereocenters. The van der Waals surface area contributed by atoms with Crippen molar-refractivity contribution in [1.82, 2.24) is 4.90 Å². The molecule has 1 amide bonds. The first-order chi connectivity index (χ1) is 7.54. The second kappa shape index (κ2) is 6.14. The minimum absolute atomic E-state index is 0.218. The highest BCUT2D eigenvalue weighted by atomic mass is 19.3. The maximum absolute atomic E-state index is 12.3. The summed E-state index contributed by atoms with van der Waals surface area (Å²) >= 11 is 0. The van der Waals surface area contributed by atoms with Crippen LogP contribution in [0.25, 0.3) is 0 Å². The van der Waals surface area contributed by atoms with Crippen LogP contribution in [0.5, 0.6) is 0 Å². The Bertz CT molecular complexity index is 252. The maximum atomic E-state index is 12.3. The molecule has 0 aromatic heterocycles. The minimum Gasteiger partial charge on any atom is -0.444 e. The van der Waals surface area contributed by atoms with E-state index in [1.165, 1.54) is 4.90 Å². The summed E-state index contributed by atoms with van der Waals surface area (Å²) < 4.78 is 29.8. The van der Waals surface area contributed by atoms with Gasteiger partial charge in [-0.25, -0.2) is 13.6 Å². The van der Waals surface area contributed by atoms with Gasteiger partial charge in [-0.05, 0) is 34.6 Å². The van der Waals surface area contributed by atoms with Crippen molar-refractivity contribution in [1.29, 1.82) is 0 Å². The van der Waals surface area contributed by atoms with Crippen LogP contribution in [0.1, 0.15) is 34.6 Å². The van der Waals surface area contributed by atoms with E-state index >= 15 is 0 Å². The largest absolute Gasteiger partial charge is 0.444 e. The number of carbonyl (C=O) groups is 1. The predicted molar refractivity (Wildman–Crippen MR) is 62.1 cm³/mol. The molecule has 0 rings (SSSR count). The number of nitrogens with zero attached hydrogens (tertiary/aromatic N) is 1. The van der Waals surface area contributed by atoms with Gasteiger partial charge in [0.05, 0.1) is 6.04 Å². The van der Waals surface area contributed by atoms with E-state index in [4.69, 9.17) is 10.5 Å². The quantitative estimate of drug-likeness (QED) is 0.834. The molecule has 0 aliphatic rings. The van der Waals surface area contributed by atoms with Gasteiger partial charge in [0.2, 0.25) is 0 Å². The molecule has 0 spiro atoms. The van der Waals surface area contributed by atoms with E-state index in [-0.39, 0.29) is 12.6 Å². The lowest BCUT2D eigenvalue weighted by Gasteiger charge is -2.31. The predicted octanol–water partition coefficient (Wildman–Crippen LogP) is 2.22. The molecule has 0 aliphatic carbocycles. The maximum Gasteiger partial charge on any atom is 0.410 e. The topological polar surface area (TPSA) is 55.6 Å². The minimum atomic E-state index is -2.65. The Balaban J connectivity index is 4.58. The van der Waals surface area contributed by atoms with E-state index in [0.29, 0.717) is 0 Å². The molecule has 0 saturated carbocycles. The first-order valence-corrected chi connectivity index (χ1v) is 5.58. The van der Waals surface area contributed by atoms with E-state index in [2.05, 4.69) is 0 Å². The zero-order chi connectivity index (χ0) is 13.8. The van der Waals surface area contributed by atoms with Gasteiger partial charge in [-0.3, -0.25) is 0 Å². The molecule has 0 aliphatic heterocycles. The molecular weight excluding hydrogens is 230 g/mol. The van der Waals surface area contributed by atoms with Crippen LogP contribution in [0.4, 0.5) is 13.6 Å². The first kappa shape index (κ1) is 16.1. The van der Waals surface area contributed by atoms with Gasteiger partial charge < -0.3 is 15.4 Å². The van der Waals surface area contributed by atoms with E-state index in [0.717, 1.165) is 0 Å². The van der Waals surface area contributed by atoms with Crippen molar-refractivity contribution in [3.8, 4) is 0 Å². The number of ether oxygens (including phenoxy) is 1. The fourth-order valence-corrected chi connectivity index (χ4v) is 1.12. The van der Waals surface area contributed by atoms with Crippen LogP contribution in [0, 0.1) is 0 Å². The average Bonchev–Trinajstić information content (AvgIpc) is 2.09. The van der Waals surface area contributed by atoms with Gasteiger partial charge in [-0.1, -0.05) is 0 Å². The normalized spacial score (nSPS) is 14.0. The second-order valence-corrected chi connectivity index (χ2v) is 5.22. The lowest BCUT2D eigenvalue weighted by atomic mass is 10.2. The molecule has 0 bridgehead atoms.